The van der Waals surface area contributed by atoms with Crippen LogP contribution in [0.15, 0.2) is 40.9 Å². The molecule has 3 rings (SSSR count). The van der Waals surface area contributed by atoms with E-state index >= 15 is 0 Å². The van der Waals surface area contributed by atoms with Crippen molar-refractivity contribution in [2.45, 2.75) is 33.2 Å². The standard InChI is InChI=1S/C18H19BrClN/c1-11-8-14(6-7-16(11)19)21-17-15-9-13(20)5-4-12(15)10-18(17,2)3/h4-9,17,21H,10H2,1-3H3. The van der Waals surface area contributed by atoms with Crippen LogP contribution in [0, 0.1) is 12.3 Å². The molecule has 0 saturated carbocycles. The zero-order valence-corrected chi connectivity index (χ0v) is 14.8. The zero-order valence-electron chi connectivity index (χ0n) is 12.5. The maximum absolute atomic E-state index is 6.20. The van der Waals surface area contributed by atoms with Crippen LogP contribution in [0.4, 0.5) is 5.69 Å². The maximum Gasteiger partial charge on any atom is 0.0571 e. The molecule has 0 saturated heterocycles. The highest BCUT2D eigenvalue weighted by Crippen LogP contribution is 2.47. The Morgan fingerprint density at radius 2 is 1.95 bits per heavy atom. The monoisotopic (exact) mass is 363 g/mol. The van der Waals surface area contributed by atoms with Gasteiger partial charge in [-0.1, -0.05) is 47.4 Å². The van der Waals surface area contributed by atoms with Gasteiger partial charge in [-0.2, -0.15) is 0 Å². The van der Waals surface area contributed by atoms with Crippen molar-refractivity contribution in [2.75, 3.05) is 5.32 Å². The number of hydrogen-bond donors (Lipinski definition) is 1. The van der Waals surface area contributed by atoms with Crippen molar-refractivity contribution in [3.8, 4) is 0 Å². The fourth-order valence-corrected chi connectivity index (χ4v) is 3.61. The molecule has 1 aliphatic carbocycles. The second-order valence-corrected chi connectivity index (χ2v) is 7.84. The molecule has 110 valence electrons. The average molecular weight is 365 g/mol. The lowest BCUT2D eigenvalue weighted by Gasteiger charge is -2.29. The van der Waals surface area contributed by atoms with E-state index in [9.17, 15) is 0 Å². The number of halogens is 2. The molecule has 0 spiro atoms. The fraction of sp³-hybridized carbons (Fsp3) is 0.333. The average Bonchev–Trinajstić information content (AvgIpc) is 2.65. The lowest BCUT2D eigenvalue weighted by atomic mass is 9.85. The van der Waals surface area contributed by atoms with E-state index in [0.29, 0.717) is 0 Å². The lowest BCUT2D eigenvalue weighted by Crippen LogP contribution is -2.24. The summed E-state index contributed by atoms with van der Waals surface area (Å²) in [6.45, 7) is 6.73. The number of aryl methyl sites for hydroxylation is 1. The van der Waals surface area contributed by atoms with Crippen molar-refractivity contribution in [1.29, 1.82) is 0 Å². The molecule has 0 fully saturated rings. The van der Waals surface area contributed by atoms with E-state index in [-0.39, 0.29) is 11.5 Å². The third-order valence-corrected chi connectivity index (χ3v) is 5.44. The highest BCUT2D eigenvalue weighted by Gasteiger charge is 2.39. The van der Waals surface area contributed by atoms with Gasteiger partial charge in [0.1, 0.15) is 0 Å². The van der Waals surface area contributed by atoms with Gasteiger partial charge in [-0.25, -0.2) is 0 Å². The molecule has 1 unspecified atom stereocenters. The summed E-state index contributed by atoms with van der Waals surface area (Å²) in [4.78, 5) is 0. The molecule has 1 N–H and O–H groups in total. The number of rotatable bonds is 2. The van der Waals surface area contributed by atoms with Crippen LogP contribution in [0.2, 0.25) is 5.02 Å². The third-order valence-electron chi connectivity index (χ3n) is 4.32. The van der Waals surface area contributed by atoms with Crippen LogP contribution in [0.3, 0.4) is 0 Å². The van der Waals surface area contributed by atoms with E-state index in [2.05, 4.69) is 72.3 Å². The number of anilines is 1. The minimum Gasteiger partial charge on any atom is -0.378 e. The SMILES string of the molecule is Cc1cc(NC2c3cc(Cl)ccc3CC2(C)C)ccc1Br. The molecule has 0 aliphatic heterocycles. The van der Waals surface area contributed by atoms with Gasteiger partial charge in [0.15, 0.2) is 0 Å². The summed E-state index contributed by atoms with van der Waals surface area (Å²) in [6, 6.07) is 12.9. The van der Waals surface area contributed by atoms with Crippen LogP contribution >= 0.6 is 27.5 Å². The van der Waals surface area contributed by atoms with Gasteiger partial charge in [-0.15, -0.1) is 0 Å². The van der Waals surface area contributed by atoms with E-state index in [4.69, 9.17) is 11.6 Å². The smallest absolute Gasteiger partial charge is 0.0571 e. The molecule has 1 atom stereocenters. The summed E-state index contributed by atoms with van der Waals surface area (Å²) >= 11 is 9.75. The van der Waals surface area contributed by atoms with Gasteiger partial charge in [0, 0.05) is 15.2 Å². The van der Waals surface area contributed by atoms with Crippen LogP contribution in [0.5, 0.6) is 0 Å². The Kier molecular flexibility index (Phi) is 3.79. The molecule has 2 aromatic rings. The largest absolute Gasteiger partial charge is 0.378 e. The van der Waals surface area contributed by atoms with Gasteiger partial charge in [-0.3, -0.25) is 0 Å². The molecule has 0 heterocycles. The van der Waals surface area contributed by atoms with Gasteiger partial charge in [0.25, 0.3) is 0 Å². The summed E-state index contributed by atoms with van der Waals surface area (Å²) in [5, 5.41) is 4.51. The quantitative estimate of drug-likeness (QED) is 0.674. The molecule has 2 aromatic carbocycles. The summed E-state index contributed by atoms with van der Waals surface area (Å²) < 4.78 is 1.14. The summed E-state index contributed by atoms with van der Waals surface area (Å²) in [7, 11) is 0. The fourth-order valence-electron chi connectivity index (χ4n) is 3.18. The van der Waals surface area contributed by atoms with Crippen LogP contribution < -0.4 is 5.32 Å². The molecule has 21 heavy (non-hydrogen) atoms. The van der Waals surface area contributed by atoms with Crippen molar-refractivity contribution in [3.05, 3.63) is 62.6 Å². The Hall–Kier alpha value is -0.990. The molecule has 0 radical (unpaired) electrons. The van der Waals surface area contributed by atoms with Gasteiger partial charge in [0.2, 0.25) is 0 Å². The second kappa shape index (κ2) is 5.33. The first-order valence-corrected chi connectivity index (χ1v) is 8.35. The zero-order chi connectivity index (χ0) is 15.2. The Morgan fingerprint density at radius 1 is 1.19 bits per heavy atom. The summed E-state index contributed by atoms with van der Waals surface area (Å²) in [5.74, 6) is 0. The van der Waals surface area contributed by atoms with Crippen molar-refractivity contribution in [2.24, 2.45) is 5.41 Å². The number of fused-ring (bicyclic) bond motifs is 1. The van der Waals surface area contributed by atoms with Crippen molar-refractivity contribution in [1.82, 2.24) is 0 Å². The highest BCUT2D eigenvalue weighted by atomic mass is 79.9. The van der Waals surface area contributed by atoms with Crippen LogP contribution in [0.1, 0.15) is 36.6 Å². The van der Waals surface area contributed by atoms with Crippen molar-refractivity contribution >= 4 is 33.2 Å². The Morgan fingerprint density at radius 3 is 2.67 bits per heavy atom. The minimum absolute atomic E-state index is 0.175. The predicted molar refractivity (Wildman–Crippen MR) is 94.2 cm³/mol. The Balaban J connectivity index is 1.97. The van der Waals surface area contributed by atoms with Crippen molar-refractivity contribution < 1.29 is 0 Å². The van der Waals surface area contributed by atoms with Crippen LogP contribution in [-0.4, -0.2) is 0 Å². The number of nitrogens with one attached hydrogen (secondary N) is 1. The first-order chi connectivity index (χ1) is 9.87. The maximum atomic E-state index is 6.20. The summed E-state index contributed by atoms with van der Waals surface area (Å²) in [6.07, 6.45) is 1.08. The number of hydrogen-bond acceptors (Lipinski definition) is 1. The second-order valence-electron chi connectivity index (χ2n) is 6.55. The Labute approximate surface area is 139 Å². The van der Waals surface area contributed by atoms with Gasteiger partial charge in [0.05, 0.1) is 6.04 Å². The van der Waals surface area contributed by atoms with Gasteiger partial charge < -0.3 is 5.32 Å². The van der Waals surface area contributed by atoms with Gasteiger partial charge >= 0.3 is 0 Å². The molecule has 3 heteroatoms. The molecule has 0 amide bonds. The third kappa shape index (κ3) is 2.84. The Bertz CT molecular complexity index is 694. The van der Waals surface area contributed by atoms with E-state index < -0.39 is 0 Å². The predicted octanol–water partition coefficient (Wildman–Crippen LogP) is 6.15. The first kappa shape index (κ1) is 14.9. The molecular weight excluding hydrogens is 346 g/mol. The molecule has 0 aromatic heterocycles. The van der Waals surface area contributed by atoms with E-state index in [1.807, 2.05) is 6.07 Å². The van der Waals surface area contributed by atoms with Crippen LogP contribution in [0.25, 0.3) is 0 Å². The van der Waals surface area contributed by atoms with Crippen LogP contribution in [-0.2, 0) is 6.42 Å². The first-order valence-electron chi connectivity index (χ1n) is 7.18. The molecular formula is C18H19BrClN. The van der Waals surface area contributed by atoms with E-state index in [0.717, 1.165) is 21.6 Å². The van der Waals surface area contributed by atoms with Crippen molar-refractivity contribution in [3.63, 3.8) is 0 Å². The molecule has 0 bridgehead atoms. The number of benzene rings is 2. The van der Waals surface area contributed by atoms with E-state index in [1.54, 1.807) is 0 Å². The normalized spacial score (nSPS) is 19.4. The topological polar surface area (TPSA) is 12.0 Å². The molecule has 1 aliphatic rings. The summed E-state index contributed by atoms with van der Waals surface area (Å²) in [5.41, 5.74) is 5.29. The molecule has 1 nitrogen and oxygen atoms in total. The van der Waals surface area contributed by atoms with E-state index in [1.165, 1.54) is 16.7 Å². The minimum atomic E-state index is 0.175. The highest BCUT2D eigenvalue weighted by molar-refractivity contribution is 9.10. The lowest BCUT2D eigenvalue weighted by molar-refractivity contribution is 0.337. The van der Waals surface area contributed by atoms with Gasteiger partial charge in [-0.05, 0) is 65.8 Å².